The molecule has 1 aromatic heterocycles. The van der Waals surface area contributed by atoms with E-state index in [1.54, 1.807) is 42.6 Å². The maximum Gasteiger partial charge on any atom is 0.274 e. The summed E-state index contributed by atoms with van der Waals surface area (Å²) in [4.78, 5) is 15.8. The summed E-state index contributed by atoms with van der Waals surface area (Å²) in [6.45, 7) is 0. The van der Waals surface area contributed by atoms with Crippen molar-refractivity contribution in [1.82, 2.24) is 4.98 Å². The lowest BCUT2D eigenvalue weighted by Gasteiger charge is -2.06. The zero-order valence-corrected chi connectivity index (χ0v) is 11.0. The lowest BCUT2D eigenvalue weighted by molar-refractivity contribution is 0.102. The highest BCUT2D eigenvalue weighted by Crippen LogP contribution is 2.26. The first-order valence-electron chi connectivity index (χ1n) is 4.84. The molecule has 2 aromatic rings. The molecule has 86 valence electrons. The molecular weight excluding hydrogens is 304 g/mol. The average Bonchev–Trinajstić information content (AvgIpc) is 2.34. The molecule has 3 nitrogen and oxygen atoms in total. The number of carbonyl (C=O) groups is 1. The highest BCUT2D eigenvalue weighted by molar-refractivity contribution is 9.10. The third kappa shape index (κ3) is 3.05. The Balaban J connectivity index is 2.19. The van der Waals surface area contributed by atoms with Crippen molar-refractivity contribution in [2.75, 3.05) is 5.32 Å². The van der Waals surface area contributed by atoms with Crippen LogP contribution in [-0.2, 0) is 0 Å². The number of nitrogens with zero attached hydrogens (tertiary/aromatic N) is 1. The summed E-state index contributed by atoms with van der Waals surface area (Å²) >= 11 is 9.14. The molecule has 0 fully saturated rings. The Kier molecular flexibility index (Phi) is 3.76. The number of amides is 1. The van der Waals surface area contributed by atoms with E-state index in [4.69, 9.17) is 11.6 Å². The molecule has 17 heavy (non-hydrogen) atoms. The number of anilines is 1. The van der Waals surface area contributed by atoms with E-state index in [0.717, 1.165) is 4.47 Å². The summed E-state index contributed by atoms with van der Waals surface area (Å²) in [6.07, 6.45) is 1.58. The van der Waals surface area contributed by atoms with Gasteiger partial charge >= 0.3 is 0 Å². The zero-order valence-electron chi connectivity index (χ0n) is 8.65. The van der Waals surface area contributed by atoms with Crippen LogP contribution in [0, 0.1) is 0 Å². The van der Waals surface area contributed by atoms with Gasteiger partial charge in [-0.25, -0.2) is 0 Å². The highest BCUT2D eigenvalue weighted by atomic mass is 79.9. The monoisotopic (exact) mass is 310 g/mol. The van der Waals surface area contributed by atoms with Crippen LogP contribution >= 0.6 is 27.5 Å². The number of hydrogen-bond acceptors (Lipinski definition) is 2. The Hall–Kier alpha value is -1.39. The Morgan fingerprint density at radius 3 is 2.76 bits per heavy atom. The van der Waals surface area contributed by atoms with E-state index >= 15 is 0 Å². The molecule has 1 N–H and O–H groups in total. The summed E-state index contributed by atoms with van der Waals surface area (Å²) in [5, 5.41) is 3.35. The molecule has 2 rings (SSSR count). The van der Waals surface area contributed by atoms with Gasteiger partial charge in [-0.3, -0.25) is 9.78 Å². The fourth-order valence-corrected chi connectivity index (χ4v) is 2.06. The van der Waals surface area contributed by atoms with Gasteiger partial charge in [0.2, 0.25) is 0 Å². The van der Waals surface area contributed by atoms with Gasteiger partial charge in [0.05, 0.1) is 5.69 Å². The van der Waals surface area contributed by atoms with Crippen molar-refractivity contribution in [2.45, 2.75) is 0 Å². The predicted octanol–water partition coefficient (Wildman–Crippen LogP) is 3.75. The molecule has 1 aromatic carbocycles. The molecule has 0 radical (unpaired) electrons. The van der Waals surface area contributed by atoms with E-state index in [-0.39, 0.29) is 5.91 Å². The first-order chi connectivity index (χ1) is 8.16. The Morgan fingerprint density at radius 2 is 2.12 bits per heavy atom. The van der Waals surface area contributed by atoms with Crippen LogP contribution in [0.5, 0.6) is 0 Å². The summed E-state index contributed by atoms with van der Waals surface area (Å²) in [5.74, 6) is -0.256. The SMILES string of the molecule is O=C(Nc1ccc(Cl)cc1Br)c1ccccn1. The van der Waals surface area contributed by atoms with E-state index in [1.165, 1.54) is 0 Å². The number of benzene rings is 1. The van der Waals surface area contributed by atoms with Crippen LogP contribution in [0.15, 0.2) is 47.1 Å². The van der Waals surface area contributed by atoms with Crippen molar-refractivity contribution < 1.29 is 4.79 Å². The van der Waals surface area contributed by atoms with Crippen molar-refractivity contribution >= 4 is 39.1 Å². The van der Waals surface area contributed by atoms with Gasteiger partial charge in [0.25, 0.3) is 5.91 Å². The molecule has 0 saturated carbocycles. The molecule has 1 heterocycles. The summed E-state index contributed by atoms with van der Waals surface area (Å²) in [6, 6.07) is 10.3. The fourth-order valence-electron chi connectivity index (χ4n) is 1.27. The van der Waals surface area contributed by atoms with Gasteiger partial charge in [0.1, 0.15) is 5.69 Å². The van der Waals surface area contributed by atoms with Crippen LogP contribution in [-0.4, -0.2) is 10.9 Å². The van der Waals surface area contributed by atoms with Crippen LogP contribution in [0.4, 0.5) is 5.69 Å². The van der Waals surface area contributed by atoms with E-state index in [2.05, 4.69) is 26.2 Å². The number of hydrogen-bond donors (Lipinski definition) is 1. The number of carbonyl (C=O) groups excluding carboxylic acids is 1. The van der Waals surface area contributed by atoms with Gasteiger partial charge in [-0.05, 0) is 46.3 Å². The maximum absolute atomic E-state index is 11.8. The normalized spacial score (nSPS) is 10.0. The molecule has 1 amide bonds. The van der Waals surface area contributed by atoms with E-state index in [0.29, 0.717) is 16.4 Å². The van der Waals surface area contributed by atoms with E-state index < -0.39 is 0 Å². The highest BCUT2D eigenvalue weighted by Gasteiger charge is 2.08. The molecular formula is C12H8BrClN2O. The summed E-state index contributed by atoms with van der Waals surface area (Å²) in [5.41, 5.74) is 1.03. The first kappa shape index (κ1) is 12.1. The predicted molar refractivity (Wildman–Crippen MR) is 71.3 cm³/mol. The van der Waals surface area contributed by atoms with Crippen LogP contribution in [0.3, 0.4) is 0 Å². The van der Waals surface area contributed by atoms with Crippen molar-refractivity contribution in [3.05, 3.63) is 57.8 Å². The molecule has 0 aliphatic heterocycles. The minimum Gasteiger partial charge on any atom is -0.320 e. The first-order valence-corrected chi connectivity index (χ1v) is 6.01. The Bertz CT molecular complexity index is 545. The topological polar surface area (TPSA) is 42.0 Å². The summed E-state index contributed by atoms with van der Waals surface area (Å²) in [7, 11) is 0. The lowest BCUT2D eigenvalue weighted by Crippen LogP contribution is -2.13. The van der Waals surface area contributed by atoms with Crippen LogP contribution in [0.1, 0.15) is 10.5 Å². The molecule has 0 spiro atoms. The van der Waals surface area contributed by atoms with Crippen molar-refractivity contribution in [3.8, 4) is 0 Å². The average molecular weight is 312 g/mol. The second kappa shape index (κ2) is 5.29. The smallest absolute Gasteiger partial charge is 0.274 e. The number of rotatable bonds is 2. The lowest BCUT2D eigenvalue weighted by atomic mass is 10.3. The third-order valence-corrected chi connectivity index (χ3v) is 2.97. The van der Waals surface area contributed by atoms with E-state index in [9.17, 15) is 4.79 Å². The third-order valence-electron chi connectivity index (χ3n) is 2.08. The molecule has 5 heteroatoms. The zero-order chi connectivity index (χ0) is 12.3. The van der Waals surface area contributed by atoms with Crippen LogP contribution in [0.2, 0.25) is 5.02 Å². The van der Waals surface area contributed by atoms with Gasteiger partial charge in [0.15, 0.2) is 0 Å². The number of aromatic nitrogens is 1. The molecule has 0 atom stereocenters. The molecule has 0 aliphatic carbocycles. The maximum atomic E-state index is 11.8. The molecule has 0 bridgehead atoms. The minimum atomic E-state index is -0.256. The largest absolute Gasteiger partial charge is 0.320 e. The fraction of sp³-hybridized carbons (Fsp3) is 0. The van der Waals surface area contributed by atoms with Crippen molar-refractivity contribution in [2.24, 2.45) is 0 Å². The molecule has 0 saturated heterocycles. The van der Waals surface area contributed by atoms with Gasteiger partial charge in [0, 0.05) is 15.7 Å². The number of halogens is 2. The Morgan fingerprint density at radius 1 is 1.29 bits per heavy atom. The Labute approximate surface area is 112 Å². The second-order valence-electron chi connectivity index (χ2n) is 3.29. The van der Waals surface area contributed by atoms with Crippen molar-refractivity contribution in [3.63, 3.8) is 0 Å². The summed E-state index contributed by atoms with van der Waals surface area (Å²) < 4.78 is 0.731. The quantitative estimate of drug-likeness (QED) is 0.918. The van der Waals surface area contributed by atoms with Gasteiger partial charge in [-0.2, -0.15) is 0 Å². The number of pyridine rings is 1. The number of nitrogens with one attached hydrogen (secondary N) is 1. The van der Waals surface area contributed by atoms with Gasteiger partial charge in [-0.15, -0.1) is 0 Å². The van der Waals surface area contributed by atoms with Gasteiger partial charge < -0.3 is 5.32 Å². The molecule has 0 unspecified atom stereocenters. The standard InChI is InChI=1S/C12H8BrClN2O/c13-9-7-8(14)4-5-10(9)16-12(17)11-3-1-2-6-15-11/h1-7H,(H,16,17). The van der Waals surface area contributed by atoms with Gasteiger partial charge in [-0.1, -0.05) is 17.7 Å². The minimum absolute atomic E-state index is 0.256. The second-order valence-corrected chi connectivity index (χ2v) is 4.58. The van der Waals surface area contributed by atoms with Crippen molar-refractivity contribution in [1.29, 1.82) is 0 Å². The van der Waals surface area contributed by atoms with Crippen LogP contribution in [0.25, 0.3) is 0 Å². The molecule has 0 aliphatic rings. The van der Waals surface area contributed by atoms with E-state index in [1.807, 2.05) is 0 Å². The van der Waals surface area contributed by atoms with Crippen LogP contribution < -0.4 is 5.32 Å².